The van der Waals surface area contributed by atoms with E-state index in [-0.39, 0.29) is 6.42 Å². The summed E-state index contributed by atoms with van der Waals surface area (Å²) in [6.07, 6.45) is 0.0528. The summed E-state index contributed by atoms with van der Waals surface area (Å²) in [4.78, 5) is 16.3. The predicted molar refractivity (Wildman–Crippen MR) is 68.4 cm³/mol. The van der Waals surface area contributed by atoms with Crippen LogP contribution >= 0.6 is 11.3 Å². The van der Waals surface area contributed by atoms with Crippen LogP contribution in [-0.4, -0.2) is 16.1 Å². The van der Waals surface area contributed by atoms with Crippen molar-refractivity contribution in [3.05, 3.63) is 40.4 Å². The maximum atomic E-state index is 10.7. The average molecular weight is 247 g/mol. The maximum absolute atomic E-state index is 10.7. The normalized spacial score (nSPS) is 10.5. The third kappa shape index (κ3) is 2.71. The van der Waals surface area contributed by atoms with E-state index in [1.165, 1.54) is 4.88 Å². The predicted octanol–water partition coefficient (Wildman–Crippen LogP) is 3.05. The van der Waals surface area contributed by atoms with Crippen molar-refractivity contribution in [2.45, 2.75) is 20.3 Å². The van der Waals surface area contributed by atoms with Crippen molar-refractivity contribution < 1.29 is 9.90 Å². The Kier molecular flexibility index (Phi) is 3.24. The number of benzene rings is 1. The Morgan fingerprint density at radius 2 is 2.18 bits per heavy atom. The van der Waals surface area contributed by atoms with Crippen LogP contribution in [0.4, 0.5) is 0 Å². The molecule has 4 heteroatoms. The van der Waals surface area contributed by atoms with Gasteiger partial charge in [0, 0.05) is 10.4 Å². The van der Waals surface area contributed by atoms with Crippen molar-refractivity contribution in [2.75, 3.05) is 0 Å². The van der Waals surface area contributed by atoms with Gasteiger partial charge in [-0.15, -0.1) is 11.3 Å². The summed E-state index contributed by atoms with van der Waals surface area (Å²) in [5, 5.41) is 9.71. The maximum Gasteiger partial charge on any atom is 0.307 e. The molecule has 0 atom stereocenters. The molecule has 0 saturated heterocycles. The van der Waals surface area contributed by atoms with Crippen LogP contribution in [-0.2, 0) is 11.2 Å². The second kappa shape index (κ2) is 4.67. The Labute approximate surface area is 104 Å². The molecule has 88 valence electrons. The zero-order valence-corrected chi connectivity index (χ0v) is 10.5. The highest BCUT2D eigenvalue weighted by molar-refractivity contribution is 7.15. The van der Waals surface area contributed by atoms with Gasteiger partial charge in [-0.3, -0.25) is 4.79 Å². The first kappa shape index (κ1) is 11.8. The third-order valence-electron chi connectivity index (χ3n) is 2.56. The molecule has 0 aliphatic carbocycles. The molecule has 0 unspecified atom stereocenters. The molecule has 3 nitrogen and oxygen atoms in total. The van der Waals surface area contributed by atoms with E-state index in [1.807, 2.05) is 38.1 Å². The molecule has 0 radical (unpaired) electrons. The van der Waals surface area contributed by atoms with Crippen molar-refractivity contribution in [3.63, 3.8) is 0 Å². The van der Waals surface area contributed by atoms with E-state index in [1.54, 1.807) is 11.3 Å². The van der Waals surface area contributed by atoms with Gasteiger partial charge in [-0.2, -0.15) is 0 Å². The molecule has 0 aliphatic rings. The summed E-state index contributed by atoms with van der Waals surface area (Å²) in [5.41, 5.74) is 2.83. The van der Waals surface area contributed by atoms with Crippen molar-refractivity contribution >= 4 is 17.3 Å². The Hall–Kier alpha value is -1.68. The van der Waals surface area contributed by atoms with Crippen molar-refractivity contribution in [2.24, 2.45) is 0 Å². The molecular weight excluding hydrogens is 234 g/mol. The van der Waals surface area contributed by atoms with Gasteiger partial charge >= 0.3 is 5.97 Å². The van der Waals surface area contributed by atoms with Gasteiger partial charge in [0.15, 0.2) is 0 Å². The number of carboxylic acids is 1. The Balaban J connectivity index is 2.35. The van der Waals surface area contributed by atoms with Crippen LogP contribution in [0, 0.1) is 13.8 Å². The van der Waals surface area contributed by atoms with E-state index >= 15 is 0 Å². The zero-order chi connectivity index (χ0) is 12.4. The van der Waals surface area contributed by atoms with Crippen LogP contribution in [0.15, 0.2) is 24.3 Å². The fourth-order valence-corrected chi connectivity index (χ4v) is 2.50. The SMILES string of the molecule is Cc1nc(-c2cccc(CC(=O)O)c2)sc1C. The van der Waals surface area contributed by atoms with E-state index in [2.05, 4.69) is 4.98 Å². The lowest BCUT2D eigenvalue weighted by molar-refractivity contribution is -0.136. The van der Waals surface area contributed by atoms with Crippen LogP contribution in [0.2, 0.25) is 0 Å². The number of nitrogens with zero attached hydrogens (tertiary/aromatic N) is 1. The van der Waals surface area contributed by atoms with Gasteiger partial charge in [-0.1, -0.05) is 18.2 Å². The molecular formula is C13H13NO2S. The van der Waals surface area contributed by atoms with E-state index in [9.17, 15) is 4.79 Å². The highest BCUT2D eigenvalue weighted by Crippen LogP contribution is 2.27. The number of aryl methyl sites for hydroxylation is 2. The second-order valence-corrected chi connectivity index (χ2v) is 5.13. The number of hydrogen-bond donors (Lipinski definition) is 1. The fourth-order valence-electron chi connectivity index (χ4n) is 1.59. The molecule has 2 rings (SSSR count). The molecule has 0 saturated carbocycles. The Morgan fingerprint density at radius 3 is 2.76 bits per heavy atom. The Bertz CT molecular complexity index is 541. The number of carbonyl (C=O) groups is 1. The van der Waals surface area contributed by atoms with Crippen LogP contribution in [0.5, 0.6) is 0 Å². The smallest absolute Gasteiger partial charge is 0.307 e. The number of carboxylic acid groups (broad SMARTS) is 1. The summed E-state index contributed by atoms with van der Waals surface area (Å²) in [5.74, 6) is -0.811. The first-order chi connectivity index (χ1) is 8.06. The molecule has 2 aromatic rings. The van der Waals surface area contributed by atoms with Crippen molar-refractivity contribution in [1.82, 2.24) is 4.98 Å². The second-order valence-electron chi connectivity index (χ2n) is 3.93. The van der Waals surface area contributed by atoms with Gasteiger partial charge in [0.25, 0.3) is 0 Å². The molecule has 0 fully saturated rings. The van der Waals surface area contributed by atoms with Crippen molar-refractivity contribution in [1.29, 1.82) is 0 Å². The molecule has 17 heavy (non-hydrogen) atoms. The summed E-state index contributed by atoms with van der Waals surface area (Å²) >= 11 is 1.64. The van der Waals surface area contributed by atoms with Gasteiger partial charge in [-0.05, 0) is 25.5 Å². The molecule has 0 amide bonds. The highest BCUT2D eigenvalue weighted by Gasteiger charge is 2.07. The molecule has 0 aliphatic heterocycles. The topological polar surface area (TPSA) is 50.2 Å². The monoisotopic (exact) mass is 247 g/mol. The minimum Gasteiger partial charge on any atom is -0.481 e. The van der Waals surface area contributed by atoms with E-state index in [4.69, 9.17) is 5.11 Å². The van der Waals surface area contributed by atoms with E-state index in [0.717, 1.165) is 21.8 Å². The van der Waals surface area contributed by atoms with Gasteiger partial charge < -0.3 is 5.11 Å². The highest BCUT2D eigenvalue weighted by atomic mass is 32.1. The number of thiazole rings is 1. The average Bonchev–Trinajstić information content (AvgIpc) is 2.59. The summed E-state index contributed by atoms with van der Waals surface area (Å²) in [7, 11) is 0. The van der Waals surface area contributed by atoms with Crippen LogP contribution in [0.3, 0.4) is 0 Å². The first-order valence-electron chi connectivity index (χ1n) is 5.31. The van der Waals surface area contributed by atoms with Gasteiger partial charge in [-0.25, -0.2) is 4.98 Å². The number of hydrogen-bond acceptors (Lipinski definition) is 3. The standard InChI is InChI=1S/C13H13NO2S/c1-8-9(2)17-13(14-8)11-5-3-4-10(6-11)7-12(15)16/h3-6H,7H2,1-2H3,(H,15,16). The number of aromatic nitrogens is 1. The summed E-state index contributed by atoms with van der Waals surface area (Å²) in [6, 6.07) is 7.56. The summed E-state index contributed by atoms with van der Waals surface area (Å²) < 4.78 is 0. The lowest BCUT2D eigenvalue weighted by Gasteiger charge is -2.00. The fraction of sp³-hybridized carbons (Fsp3) is 0.231. The lowest BCUT2D eigenvalue weighted by atomic mass is 10.1. The van der Waals surface area contributed by atoms with E-state index in [0.29, 0.717) is 0 Å². The number of rotatable bonds is 3. The zero-order valence-electron chi connectivity index (χ0n) is 9.73. The lowest BCUT2D eigenvalue weighted by Crippen LogP contribution is -1.99. The molecule has 0 bridgehead atoms. The van der Waals surface area contributed by atoms with Gasteiger partial charge in [0.2, 0.25) is 0 Å². The van der Waals surface area contributed by atoms with Gasteiger partial charge in [0.1, 0.15) is 5.01 Å². The number of aliphatic carboxylic acids is 1. The molecule has 1 aromatic heterocycles. The van der Waals surface area contributed by atoms with Gasteiger partial charge in [0.05, 0.1) is 12.1 Å². The largest absolute Gasteiger partial charge is 0.481 e. The van der Waals surface area contributed by atoms with E-state index < -0.39 is 5.97 Å². The van der Waals surface area contributed by atoms with Crippen LogP contribution in [0.25, 0.3) is 10.6 Å². The molecule has 1 N–H and O–H groups in total. The molecule has 1 aromatic carbocycles. The summed E-state index contributed by atoms with van der Waals surface area (Å²) in [6.45, 7) is 4.02. The van der Waals surface area contributed by atoms with Crippen molar-refractivity contribution in [3.8, 4) is 10.6 Å². The Morgan fingerprint density at radius 1 is 1.41 bits per heavy atom. The first-order valence-corrected chi connectivity index (χ1v) is 6.13. The van der Waals surface area contributed by atoms with Crippen LogP contribution < -0.4 is 0 Å². The molecule has 1 heterocycles. The third-order valence-corrected chi connectivity index (χ3v) is 3.68. The van der Waals surface area contributed by atoms with Crippen LogP contribution in [0.1, 0.15) is 16.1 Å². The quantitative estimate of drug-likeness (QED) is 0.906. The minimum atomic E-state index is -0.811. The molecule has 0 spiro atoms. The minimum absolute atomic E-state index is 0.0528.